The fourth-order valence-corrected chi connectivity index (χ4v) is 3.47. The summed E-state index contributed by atoms with van der Waals surface area (Å²) in [5, 5.41) is 2.81. The maximum absolute atomic E-state index is 13.2. The number of rotatable bonds is 5. The van der Waals surface area contributed by atoms with Gasteiger partial charge < -0.3 is 5.32 Å². The van der Waals surface area contributed by atoms with Gasteiger partial charge >= 0.3 is 0 Å². The van der Waals surface area contributed by atoms with Gasteiger partial charge in [-0.2, -0.15) is 0 Å². The first kappa shape index (κ1) is 18.8. The van der Waals surface area contributed by atoms with Crippen molar-refractivity contribution in [3.63, 3.8) is 0 Å². The molecule has 3 aromatic rings. The number of aromatic nitrogens is 1. The molecule has 0 atom stereocenters. The van der Waals surface area contributed by atoms with E-state index in [-0.39, 0.29) is 10.6 Å². The van der Waals surface area contributed by atoms with Crippen LogP contribution in [-0.4, -0.2) is 13.4 Å². The van der Waals surface area contributed by atoms with Crippen LogP contribution in [0.15, 0.2) is 59.6 Å². The second-order valence-electron chi connectivity index (χ2n) is 6.04. The Labute approximate surface area is 156 Å². The molecule has 3 rings (SSSR count). The average molecular weight is 389 g/mol. The van der Waals surface area contributed by atoms with Crippen molar-refractivity contribution in [3.05, 3.63) is 77.5 Å². The van der Waals surface area contributed by atoms with Gasteiger partial charge in [-0.25, -0.2) is 22.2 Å². The Morgan fingerprint density at radius 2 is 1.59 bits per heavy atom. The van der Waals surface area contributed by atoms with Gasteiger partial charge in [0.2, 0.25) is 0 Å². The average Bonchev–Trinajstić information content (AvgIpc) is 2.62. The third-order valence-corrected chi connectivity index (χ3v) is 5.38. The third kappa shape index (κ3) is 4.40. The van der Waals surface area contributed by atoms with E-state index in [1.807, 2.05) is 13.8 Å². The Bertz CT molecular complexity index is 1080. The van der Waals surface area contributed by atoms with Gasteiger partial charge in [0.25, 0.3) is 10.0 Å². The number of aryl methyl sites for hydroxylation is 2. The maximum atomic E-state index is 13.2. The predicted molar refractivity (Wildman–Crippen MR) is 101 cm³/mol. The third-order valence-electron chi connectivity index (χ3n) is 4.00. The molecule has 0 radical (unpaired) electrons. The fourth-order valence-electron chi connectivity index (χ4n) is 2.35. The lowest BCUT2D eigenvalue weighted by atomic mass is 10.1. The molecule has 27 heavy (non-hydrogen) atoms. The Morgan fingerprint density at radius 1 is 0.852 bits per heavy atom. The summed E-state index contributed by atoms with van der Waals surface area (Å²) in [7, 11) is -3.74. The topological polar surface area (TPSA) is 71.1 Å². The first-order chi connectivity index (χ1) is 12.7. The lowest BCUT2D eigenvalue weighted by molar-refractivity contribution is 0.509. The van der Waals surface area contributed by atoms with Crippen molar-refractivity contribution in [2.45, 2.75) is 18.7 Å². The molecule has 2 aromatic carbocycles. The van der Waals surface area contributed by atoms with Crippen LogP contribution in [0, 0.1) is 25.5 Å². The molecule has 1 heterocycles. The van der Waals surface area contributed by atoms with Gasteiger partial charge in [-0.1, -0.05) is 6.07 Å². The van der Waals surface area contributed by atoms with Gasteiger partial charge in [0.1, 0.15) is 5.82 Å². The molecule has 0 saturated carbocycles. The Hall–Kier alpha value is -3.00. The summed E-state index contributed by atoms with van der Waals surface area (Å²) >= 11 is 0. The van der Waals surface area contributed by atoms with E-state index in [0.717, 1.165) is 23.3 Å². The van der Waals surface area contributed by atoms with Crippen LogP contribution >= 0.6 is 0 Å². The molecule has 2 N–H and O–H groups in total. The summed E-state index contributed by atoms with van der Waals surface area (Å²) in [6.07, 6.45) is 1.33. The smallest absolute Gasteiger partial charge is 0.261 e. The number of pyridine rings is 1. The van der Waals surface area contributed by atoms with E-state index in [0.29, 0.717) is 11.5 Å². The normalized spacial score (nSPS) is 11.3. The van der Waals surface area contributed by atoms with Crippen molar-refractivity contribution >= 4 is 27.2 Å². The van der Waals surface area contributed by atoms with E-state index >= 15 is 0 Å². The van der Waals surface area contributed by atoms with Crippen molar-refractivity contribution in [2.24, 2.45) is 0 Å². The van der Waals surface area contributed by atoms with Crippen LogP contribution in [-0.2, 0) is 10.0 Å². The lowest BCUT2D eigenvalue weighted by Crippen LogP contribution is -2.13. The van der Waals surface area contributed by atoms with Gasteiger partial charge in [0, 0.05) is 11.8 Å². The number of nitrogens with zero attached hydrogens (tertiary/aromatic N) is 1. The van der Waals surface area contributed by atoms with Gasteiger partial charge in [0.05, 0.1) is 16.8 Å². The van der Waals surface area contributed by atoms with Gasteiger partial charge in [-0.3, -0.25) is 4.72 Å². The molecule has 0 unspecified atom stereocenters. The van der Waals surface area contributed by atoms with Crippen molar-refractivity contribution < 1.29 is 17.2 Å². The molecule has 0 spiro atoms. The highest BCUT2D eigenvalue weighted by Gasteiger charge is 2.15. The van der Waals surface area contributed by atoms with Crippen molar-refractivity contribution in [3.8, 4) is 0 Å². The molecule has 0 amide bonds. The second kappa shape index (κ2) is 7.32. The minimum Gasteiger partial charge on any atom is -0.340 e. The first-order valence-corrected chi connectivity index (χ1v) is 9.51. The largest absolute Gasteiger partial charge is 0.340 e. The highest BCUT2D eigenvalue weighted by atomic mass is 32.2. The molecule has 0 bridgehead atoms. The van der Waals surface area contributed by atoms with Crippen LogP contribution < -0.4 is 10.0 Å². The predicted octanol–water partition coefficient (Wildman–Crippen LogP) is 4.52. The zero-order valence-corrected chi connectivity index (χ0v) is 15.4. The van der Waals surface area contributed by atoms with Crippen LogP contribution in [0.25, 0.3) is 0 Å². The minimum atomic E-state index is -3.74. The molecule has 0 aliphatic carbocycles. The zero-order chi connectivity index (χ0) is 19.6. The molecule has 8 heteroatoms. The van der Waals surface area contributed by atoms with Gasteiger partial charge in [-0.05, 0) is 61.4 Å². The van der Waals surface area contributed by atoms with Gasteiger partial charge in [-0.15, -0.1) is 0 Å². The highest BCUT2D eigenvalue weighted by Crippen LogP contribution is 2.21. The molecular formula is C19H17F2N3O2S. The Balaban J connectivity index is 1.74. The summed E-state index contributed by atoms with van der Waals surface area (Å²) in [5.74, 6) is -1.56. The standard InChI is InChI=1S/C19H17F2N3O2S/c1-12-3-6-16(9-13(12)2)27(25,26)24-15-5-8-19(22-11-15)23-14-4-7-17(20)18(21)10-14/h3-11,24H,1-2H3,(H,22,23). The molecule has 1 aromatic heterocycles. The maximum Gasteiger partial charge on any atom is 0.261 e. The van der Waals surface area contributed by atoms with Crippen molar-refractivity contribution in [2.75, 3.05) is 10.0 Å². The van der Waals surface area contributed by atoms with Crippen LogP contribution in [0.2, 0.25) is 0 Å². The van der Waals surface area contributed by atoms with E-state index < -0.39 is 21.7 Å². The van der Waals surface area contributed by atoms with Crippen molar-refractivity contribution in [1.82, 2.24) is 4.98 Å². The summed E-state index contributed by atoms with van der Waals surface area (Å²) in [5.41, 5.74) is 2.49. The first-order valence-electron chi connectivity index (χ1n) is 8.03. The molecule has 0 aliphatic rings. The van der Waals surface area contributed by atoms with Crippen molar-refractivity contribution in [1.29, 1.82) is 0 Å². The molecule has 0 fully saturated rings. The minimum absolute atomic E-state index is 0.162. The van der Waals surface area contributed by atoms with E-state index in [1.54, 1.807) is 12.1 Å². The summed E-state index contributed by atoms with van der Waals surface area (Å²) in [6.45, 7) is 3.75. The van der Waals surface area contributed by atoms with E-state index in [2.05, 4.69) is 15.0 Å². The molecule has 140 valence electrons. The summed E-state index contributed by atoms with van der Waals surface area (Å²) in [4.78, 5) is 4.24. The number of sulfonamides is 1. The molecule has 0 saturated heterocycles. The number of anilines is 3. The summed E-state index contributed by atoms with van der Waals surface area (Å²) in [6, 6.07) is 11.3. The zero-order valence-electron chi connectivity index (χ0n) is 14.6. The quantitative estimate of drug-likeness (QED) is 0.673. The summed E-state index contributed by atoms with van der Waals surface area (Å²) < 4.78 is 53.6. The van der Waals surface area contributed by atoms with E-state index in [9.17, 15) is 17.2 Å². The molecule has 0 aliphatic heterocycles. The number of nitrogens with one attached hydrogen (secondary N) is 2. The molecular weight excluding hydrogens is 372 g/mol. The van der Waals surface area contributed by atoms with Crippen LogP contribution in [0.3, 0.4) is 0 Å². The van der Waals surface area contributed by atoms with Gasteiger partial charge in [0.15, 0.2) is 11.6 Å². The highest BCUT2D eigenvalue weighted by molar-refractivity contribution is 7.92. The second-order valence-corrected chi connectivity index (χ2v) is 7.72. The lowest BCUT2D eigenvalue weighted by Gasteiger charge is -2.11. The Kier molecular flexibility index (Phi) is 5.09. The number of benzene rings is 2. The van der Waals surface area contributed by atoms with Crippen LogP contribution in [0.1, 0.15) is 11.1 Å². The Morgan fingerprint density at radius 3 is 2.22 bits per heavy atom. The van der Waals surface area contributed by atoms with Crippen LogP contribution in [0.4, 0.5) is 26.0 Å². The van der Waals surface area contributed by atoms with Crippen LogP contribution in [0.5, 0.6) is 0 Å². The number of halogens is 2. The molecule has 5 nitrogen and oxygen atoms in total. The number of hydrogen-bond acceptors (Lipinski definition) is 4. The van der Waals surface area contributed by atoms with E-state index in [4.69, 9.17) is 0 Å². The monoisotopic (exact) mass is 389 g/mol. The fraction of sp³-hybridized carbons (Fsp3) is 0.105. The van der Waals surface area contributed by atoms with E-state index in [1.165, 1.54) is 30.5 Å². The SMILES string of the molecule is Cc1ccc(S(=O)(=O)Nc2ccc(Nc3ccc(F)c(F)c3)nc2)cc1C. The number of hydrogen-bond donors (Lipinski definition) is 2.